The fourth-order valence-corrected chi connectivity index (χ4v) is 1.66. The number of nitrogens with two attached hydrogens (primary N) is 1. The normalized spacial score (nSPS) is 10.3. The molecule has 0 saturated carbocycles. The molecule has 0 aliphatic heterocycles. The Labute approximate surface area is 99.6 Å². The van der Waals surface area contributed by atoms with E-state index in [0.717, 1.165) is 14.8 Å². The van der Waals surface area contributed by atoms with E-state index in [1.807, 2.05) is 24.3 Å². The topological polar surface area (TPSA) is 86.7 Å². The molecule has 82 valence electrons. The van der Waals surface area contributed by atoms with Gasteiger partial charge in [-0.05, 0) is 17.3 Å². The number of carbonyl (C=O) groups excluding carboxylic acids is 1. The molecular weight excluding hydrogens is 274 g/mol. The number of benzene rings is 1. The predicted octanol–water partition coefficient (Wildman–Crippen LogP) is 0.588. The van der Waals surface area contributed by atoms with E-state index in [2.05, 4.69) is 31.3 Å². The Hall–Kier alpha value is -1.76. The SMILES string of the molecule is NC(=O)Cn1nnc(-c2ccccc2Br)n1. The lowest BCUT2D eigenvalue weighted by Gasteiger charge is -1.96. The van der Waals surface area contributed by atoms with Crippen molar-refractivity contribution in [3.8, 4) is 11.4 Å². The van der Waals surface area contributed by atoms with Crippen LogP contribution in [0.2, 0.25) is 0 Å². The molecule has 1 heterocycles. The van der Waals surface area contributed by atoms with E-state index in [0.29, 0.717) is 5.82 Å². The first kappa shape index (κ1) is 10.7. The second kappa shape index (κ2) is 4.40. The molecule has 1 amide bonds. The second-order valence-corrected chi connectivity index (χ2v) is 3.94. The van der Waals surface area contributed by atoms with Crippen LogP contribution >= 0.6 is 15.9 Å². The van der Waals surface area contributed by atoms with Crippen LogP contribution in [0, 0.1) is 0 Å². The molecule has 1 aromatic carbocycles. The number of carbonyl (C=O) groups is 1. The third-order valence-corrected chi connectivity index (χ3v) is 2.56. The molecule has 7 heteroatoms. The first-order chi connectivity index (χ1) is 7.66. The Morgan fingerprint density at radius 1 is 1.44 bits per heavy atom. The molecule has 2 N–H and O–H groups in total. The summed E-state index contributed by atoms with van der Waals surface area (Å²) in [6.45, 7) is -0.0720. The van der Waals surface area contributed by atoms with Gasteiger partial charge in [0.15, 0.2) is 0 Å². The van der Waals surface area contributed by atoms with Gasteiger partial charge >= 0.3 is 0 Å². The minimum Gasteiger partial charge on any atom is -0.368 e. The molecule has 1 aromatic heterocycles. The van der Waals surface area contributed by atoms with Gasteiger partial charge in [-0.15, -0.1) is 10.2 Å². The van der Waals surface area contributed by atoms with Crippen LogP contribution in [-0.2, 0) is 11.3 Å². The van der Waals surface area contributed by atoms with E-state index in [1.165, 1.54) is 0 Å². The van der Waals surface area contributed by atoms with E-state index in [1.54, 1.807) is 0 Å². The zero-order chi connectivity index (χ0) is 11.5. The summed E-state index contributed by atoms with van der Waals surface area (Å²) in [5.41, 5.74) is 5.84. The number of halogens is 1. The van der Waals surface area contributed by atoms with Crippen LogP contribution in [0.1, 0.15) is 0 Å². The molecule has 0 spiro atoms. The molecule has 0 unspecified atom stereocenters. The van der Waals surface area contributed by atoms with Crippen LogP contribution in [0.5, 0.6) is 0 Å². The highest BCUT2D eigenvalue weighted by molar-refractivity contribution is 9.10. The number of tetrazole rings is 1. The monoisotopic (exact) mass is 281 g/mol. The van der Waals surface area contributed by atoms with Crippen LogP contribution in [-0.4, -0.2) is 26.1 Å². The van der Waals surface area contributed by atoms with Crippen LogP contribution in [0.3, 0.4) is 0 Å². The Morgan fingerprint density at radius 2 is 2.19 bits per heavy atom. The Bertz CT molecular complexity index is 524. The average Bonchev–Trinajstić information content (AvgIpc) is 2.66. The number of aromatic nitrogens is 4. The molecule has 0 atom stereocenters. The van der Waals surface area contributed by atoms with Crippen molar-refractivity contribution >= 4 is 21.8 Å². The van der Waals surface area contributed by atoms with Gasteiger partial charge in [-0.25, -0.2) is 0 Å². The number of hydrogen-bond donors (Lipinski definition) is 1. The van der Waals surface area contributed by atoms with Gasteiger partial charge < -0.3 is 5.73 Å². The summed E-state index contributed by atoms with van der Waals surface area (Å²) in [5, 5.41) is 11.6. The maximum absolute atomic E-state index is 10.7. The quantitative estimate of drug-likeness (QED) is 0.892. The molecule has 2 aromatic rings. The van der Waals surface area contributed by atoms with Gasteiger partial charge in [-0.3, -0.25) is 4.79 Å². The van der Waals surface area contributed by atoms with Crippen molar-refractivity contribution in [3.63, 3.8) is 0 Å². The number of hydrogen-bond acceptors (Lipinski definition) is 4. The van der Waals surface area contributed by atoms with Gasteiger partial charge in [-0.1, -0.05) is 28.1 Å². The zero-order valence-electron chi connectivity index (χ0n) is 8.17. The number of primary amides is 1. The lowest BCUT2D eigenvalue weighted by molar-refractivity contribution is -0.118. The standard InChI is InChI=1S/C9H8BrN5O/c10-7-4-2-1-3-6(7)9-12-14-15(13-9)5-8(11)16/h1-4H,5H2,(H2,11,16). The van der Waals surface area contributed by atoms with Gasteiger partial charge in [0.1, 0.15) is 6.54 Å². The van der Waals surface area contributed by atoms with E-state index in [9.17, 15) is 4.79 Å². The fourth-order valence-electron chi connectivity index (χ4n) is 1.20. The first-order valence-corrected chi connectivity index (χ1v) is 5.27. The highest BCUT2D eigenvalue weighted by Crippen LogP contribution is 2.23. The number of amides is 1. The molecule has 0 aliphatic rings. The molecule has 0 fully saturated rings. The number of nitrogens with zero attached hydrogens (tertiary/aromatic N) is 4. The summed E-state index contributed by atoms with van der Waals surface area (Å²) in [6.07, 6.45) is 0. The highest BCUT2D eigenvalue weighted by atomic mass is 79.9. The van der Waals surface area contributed by atoms with E-state index < -0.39 is 5.91 Å². The molecule has 2 rings (SSSR count). The first-order valence-electron chi connectivity index (χ1n) is 4.48. The van der Waals surface area contributed by atoms with Crippen molar-refractivity contribution in [2.24, 2.45) is 5.73 Å². The van der Waals surface area contributed by atoms with Gasteiger partial charge in [0, 0.05) is 10.0 Å². The van der Waals surface area contributed by atoms with Gasteiger partial charge in [0.05, 0.1) is 0 Å². The summed E-state index contributed by atoms with van der Waals surface area (Å²) in [5.74, 6) is -0.0511. The zero-order valence-corrected chi connectivity index (χ0v) is 9.75. The fraction of sp³-hybridized carbons (Fsp3) is 0.111. The van der Waals surface area contributed by atoms with Crippen molar-refractivity contribution in [2.75, 3.05) is 0 Å². The van der Waals surface area contributed by atoms with Crippen molar-refractivity contribution in [2.45, 2.75) is 6.54 Å². The predicted molar refractivity (Wildman–Crippen MR) is 60.1 cm³/mol. The van der Waals surface area contributed by atoms with Crippen LogP contribution in [0.15, 0.2) is 28.7 Å². The van der Waals surface area contributed by atoms with Gasteiger partial charge in [0.2, 0.25) is 11.7 Å². The van der Waals surface area contributed by atoms with E-state index in [4.69, 9.17) is 5.73 Å². The molecule has 6 nitrogen and oxygen atoms in total. The second-order valence-electron chi connectivity index (χ2n) is 3.09. The summed E-state index contributed by atoms with van der Waals surface area (Å²) in [7, 11) is 0. The smallest absolute Gasteiger partial charge is 0.241 e. The van der Waals surface area contributed by atoms with Crippen molar-refractivity contribution in [3.05, 3.63) is 28.7 Å². The Kier molecular flexibility index (Phi) is 2.95. The van der Waals surface area contributed by atoms with Gasteiger partial charge in [-0.2, -0.15) is 4.80 Å². The largest absolute Gasteiger partial charge is 0.368 e. The molecular formula is C9H8BrN5O. The lowest BCUT2D eigenvalue weighted by atomic mass is 10.2. The molecule has 0 aliphatic carbocycles. The van der Waals surface area contributed by atoms with Crippen LogP contribution in [0.25, 0.3) is 11.4 Å². The van der Waals surface area contributed by atoms with Crippen molar-refractivity contribution in [1.82, 2.24) is 20.2 Å². The summed E-state index contributed by atoms with van der Waals surface area (Å²) < 4.78 is 0.869. The minimum absolute atomic E-state index is 0.0720. The summed E-state index contributed by atoms with van der Waals surface area (Å²) >= 11 is 3.38. The molecule has 0 radical (unpaired) electrons. The molecule has 0 bridgehead atoms. The third-order valence-electron chi connectivity index (χ3n) is 1.86. The molecule has 0 saturated heterocycles. The van der Waals surface area contributed by atoms with Crippen LogP contribution in [0.4, 0.5) is 0 Å². The maximum atomic E-state index is 10.7. The molecule has 16 heavy (non-hydrogen) atoms. The average molecular weight is 282 g/mol. The summed E-state index contributed by atoms with van der Waals surface area (Å²) in [4.78, 5) is 11.8. The van der Waals surface area contributed by atoms with Gasteiger partial charge in [0.25, 0.3) is 0 Å². The summed E-state index contributed by atoms with van der Waals surface area (Å²) in [6, 6.07) is 7.50. The number of rotatable bonds is 3. The van der Waals surface area contributed by atoms with Crippen molar-refractivity contribution < 1.29 is 4.79 Å². The van der Waals surface area contributed by atoms with Crippen LogP contribution < -0.4 is 5.73 Å². The van der Waals surface area contributed by atoms with Crippen molar-refractivity contribution in [1.29, 1.82) is 0 Å². The minimum atomic E-state index is -0.504. The van der Waals surface area contributed by atoms with E-state index >= 15 is 0 Å². The Balaban J connectivity index is 2.32. The maximum Gasteiger partial charge on any atom is 0.241 e. The van der Waals surface area contributed by atoms with E-state index in [-0.39, 0.29) is 6.54 Å². The highest BCUT2D eigenvalue weighted by Gasteiger charge is 2.09. The Morgan fingerprint density at radius 3 is 2.88 bits per heavy atom. The lowest BCUT2D eigenvalue weighted by Crippen LogP contribution is -2.20. The third kappa shape index (κ3) is 2.25.